The minimum atomic E-state index is -0.637. The molecule has 186 valence electrons. The number of phenolic OH excluding ortho intramolecular Hbond substituents is 1. The SMILES string of the molecule is CC1CC1(Nc1c(Nc2cccc(C(=O)N3CCN4CCC[C@H]4C3)c2O)c(=O)c1=O)c1ccccc1. The largest absolute Gasteiger partial charge is 0.505 e. The molecule has 1 saturated carbocycles. The zero-order valence-corrected chi connectivity index (χ0v) is 20.3. The zero-order chi connectivity index (χ0) is 25.0. The van der Waals surface area contributed by atoms with Crippen molar-refractivity contribution in [2.24, 2.45) is 5.92 Å². The minimum Gasteiger partial charge on any atom is -0.505 e. The van der Waals surface area contributed by atoms with E-state index in [2.05, 4.69) is 22.5 Å². The molecule has 8 nitrogen and oxygen atoms in total. The molecule has 1 amide bonds. The number of piperazine rings is 1. The molecule has 2 aliphatic heterocycles. The van der Waals surface area contributed by atoms with Crippen LogP contribution in [-0.4, -0.2) is 53.0 Å². The van der Waals surface area contributed by atoms with Crippen LogP contribution in [0.25, 0.3) is 0 Å². The molecule has 36 heavy (non-hydrogen) atoms. The van der Waals surface area contributed by atoms with Crippen molar-refractivity contribution >= 4 is 23.0 Å². The lowest BCUT2D eigenvalue weighted by Crippen LogP contribution is -2.52. The van der Waals surface area contributed by atoms with Crippen LogP contribution in [0.4, 0.5) is 17.1 Å². The van der Waals surface area contributed by atoms with Gasteiger partial charge in [0.05, 0.1) is 16.8 Å². The summed E-state index contributed by atoms with van der Waals surface area (Å²) in [7, 11) is 0. The third kappa shape index (κ3) is 3.59. The lowest BCUT2D eigenvalue weighted by molar-refractivity contribution is 0.0568. The molecule has 3 fully saturated rings. The second-order valence-electron chi connectivity index (χ2n) is 10.4. The molecule has 6 rings (SSSR count). The molecule has 3 aromatic rings. The van der Waals surface area contributed by atoms with Gasteiger partial charge in [0.15, 0.2) is 5.75 Å². The Kier molecular flexibility index (Phi) is 5.37. The first kappa shape index (κ1) is 22.8. The third-order valence-corrected chi connectivity index (χ3v) is 8.26. The molecule has 3 aliphatic rings. The van der Waals surface area contributed by atoms with Crippen LogP contribution in [0.1, 0.15) is 42.1 Å². The number of fused-ring (bicyclic) bond motifs is 1. The third-order valence-electron chi connectivity index (χ3n) is 8.26. The number of hydrogen-bond donors (Lipinski definition) is 3. The highest BCUT2D eigenvalue weighted by Crippen LogP contribution is 2.54. The molecule has 0 aromatic heterocycles. The number of nitrogens with one attached hydrogen (secondary N) is 2. The summed E-state index contributed by atoms with van der Waals surface area (Å²) >= 11 is 0. The molecule has 3 N–H and O–H groups in total. The molecule has 0 spiro atoms. The maximum absolute atomic E-state index is 13.3. The predicted molar refractivity (Wildman–Crippen MR) is 139 cm³/mol. The van der Waals surface area contributed by atoms with Gasteiger partial charge in [0.1, 0.15) is 11.4 Å². The van der Waals surface area contributed by atoms with Gasteiger partial charge in [0.2, 0.25) is 0 Å². The number of carbonyl (C=O) groups is 1. The number of para-hydroxylation sites is 1. The van der Waals surface area contributed by atoms with Gasteiger partial charge in [-0.1, -0.05) is 43.3 Å². The van der Waals surface area contributed by atoms with E-state index >= 15 is 0 Å². The fourth-order valence-electron chi connectivity index (χ4n) is 5.96. The molecule has 2 heterocycles. The molecule has 2 saturated heterocycles. The molecule has 0 radical (unpaired) electrons. The Balaban J connectivity index is 1.24. The van der Waals surface area contributed by atoms with Crippen LogP contribution < -0.4 is 21.5 Å². The summed E-state index contributed by atoms with van der Waals surface area (Å²) in [6.07, 6.45) is 3.08. The normalized spacial score (nSPS) is 25.5. The Hall–Kier alpha value is -3.65. The summed E-state index contributed by atoms with van der Waals surface area (Å²) in [4.78, 5) is 42.5. The average molecular weight is 487 g/mol. The van der Waals surface area contributed by atoms with E-state index < -0.39 is 16.4 Å². The van der Waals surface area contributed by atoms with Crippen LogP contribution in [-0.2, 0) is 5.54 Å². The van der Waals surface area contributed by atoms with Gasteiger partial charge in [0, 0.05) is 25.7 Å². The minimum absolute atomic E-state index is 0.119. The van der Waals surface area contributed by atoms with E-state index in [1.165, 1.54) is 0 Å². The molecule has 8 heteroatoms. The Morgan fingerprint density at radius 1 is 1.00 bits per heavy atom. The average Bonchev–Trinajstić information content (AvgIpc) is 3.32. The summed E-state index contributed by atoms with van der Waals surface area (Å²) in [5.41, 5.74) is 0.215. The highest BCUT2D eigenvalue weighted by atomic mass is 16.3. The first-order valence-electron chi connectivity index (χ1n) is 12.7. The monoisotopic (exact) mass is 486 g/mol. The van der Waals surface area contributed by atoms with E-state index in [9.17, 15) is 19.5 Å². The maximum Gasteiger partial charge on any atom is 0.257 e. The van der Waals surface area contributed by atoms with Crippen molar-refractivity contribution in [3.8, 4) is 5.75 Å². The van der Waals surface area contributed by atoms with Crippen molar-refractivity contribution in [2.75, 3.05) is 36.8 Å². The van der Waals surface area contributed by atoms with Crippen molar-refractivity contribution in [3.05, 3.63) is 80.1 Å². The van der Waals surface area contributed by atoms with Crippen molar-refractivity contribution in [1.82, 2.24) is 9.80 Å². The Morgan fingerprint density at radius 2 is 1.75 bits per heavy atom. The molecule has 3 atom stereocenters. The van der Waals surface area contributed by atoms with Gasteiger partial charge < -0.3 is 20.6 Å². The van der Waals surface area contributed by atoms with E-state index in [4.69, 9.17) is 0 Å². The number of anilines is 3. The predicted octanol–water partition coefficient (Wildman–Crippen LogP) is 3.00. The highest BCUT2D eigenvalue weighted by molar-refractivity contribution is 5.99. The molecule has 0 bridgehead atoms. The van der Waals surface area contributed by atoms with E-state index in [0.717, 1.165) is 37.9 Å². The van der Waals surface area contributed by atoms with Crippen molar-refractivity contribution in [1.29, 1.82) is 0 Å². The van der Waals surface area contributed by atoms with Gasteiger partial charge in [-0.25, -0.2) is 0 Å². The van der Waals surface area contributed by atoms with E-state index in [0.29, 0.717) is 25.0 Å². The van der Waals surface area contributed by atoms with Crippen LogP contribution in [0.3, 0.4) is 0 Å². The number of amides is 1. The van der Waals surface area contributed by atoms with Crippen molar-refractivity contribution in [2.45, 2.75) is 37.8 Å². The molecule has 1 aliphatic carbocycles. The molecular weight excluding hydrogens is 456 g/mol. The van der Waals surface area contributed by atoms with Crippen LogP contribution >= 0.6 is 0 Å². The number of carbonyl (C=O) groups excluding carboxylic acids is 1. The fourth-order valence-corrected chi connectivity index (χ4v) is 5.96. The summed E-state index contributed by atoms with van der Waals surface area (Å²) in [5.74, 6) is -0.138. The number of hydrogen-bond acceptors (Lipinski definition) is 7. The lowest BCUT2D eigenvalue weighted by Gasteiger charge is -2.37. The second kappa shape index (κ2) is 8.48. The van der Waals surface area contributed by atoms with Gasteiger partial charge in [-0.15, -0.1) is 0 Å². The fraction of sp³-hybridized carbons (Fsp3) is 0.393. The molecule has 3 aromatic carbocycles. The quantitative estimate of drug-likeness (QED) is 0.364. The number of nitrogens with zero attached hydrogens (tertiary/aromatic N) is 2. The summed E-state index contributed by atoms with van der Waals surface area (Å²) in [6.45, 7) is 5.31. The Labute approximate surface area is 209 Å². The van der Waals surface area contributed by atoms with Gasteiger partial charge in [-0.05, 0) is 49.4 Å². The number of benzene rings is 2. The lowest BCUT2D eigenvalue weighted by atomic mass is 10.0. The van der Waals surface area contributed by atoms with Crippen molar-refractivity contribution in [3.63, 3.8) is 0 Å². The van der Waals surface area contributed by atoms with Crippen LogP contribution in [0.2, 0.25) is 0 Å². The van der Waals surface area contributed by atoms with Crippen LogP contribution in [0.5, 0.6) is 5.75 Å². The summed E-state index contributed by atoms with van der Waals surface area (Å²) in [6, 6.07) is 15.1. The van der Waals surface area contributed by atoms with E-state index in [1.54, 1.807) is 23.1 Å². The van der Waals surface area contributed by atoms with Crippen molar-refractivity contribution < 1.29 is 9.90 Å². The molecular formula is C28H30N4O4. The summed E-state index contributed by atoms with van der Waals surface area (Å²) < 4.78 is 0. The van der Waals surface area contributed by atoms with Gasteiger partial charge in [-0.2, -0.15) is 0 Å². The summed E-state index contributed by atoms with van der Waals surface area (Å²) in [5, 5.41) is 17.3. The number of phenols is 1. The van der Waals surface area contributed by atoms with Gasteiger partial charge in [0.25, 0.3) is 16.8 Å². The zero-order valence-electron chi connectivity index (χ0n) is 20.3. The van der Waals surface area contributed by atoms with E-state index in [-0.39, 0.29) is 34.3 Å². The van der Waals surface area contributed by atoms with Gasteiger partial charge in [-0.3, -0.25) is 19.3 Å². The topological polar surface area (TPSA) is 102 Å². The number of rotatable bonds is 6. The van der Waals surface area contributed by atoms with Crippen LogP contribution in [0.15, 0.2) is 58.1 Å². The number of aromatic hydroxyl groups is 1. The van der Waals surface area contributed by atoms with Crippen LogP contribution in [0, 0.1) is 5.92 Å². The van der Waals surface area contributed by atoms with E-state index in [1.807, 2.05) is 30.3 Å². The smallest absolute Gasteiger partial charge is 0.257 e. The Morgan fingerprint density at radius 3 is 2.50 bits per heavy atom. The highest BCUT2D eigenvalue weighted by Gasteiger charge is 2.53. The molecule has 2 unspecified atom stereocenters. The Bertz CT molecular complexity index is 1400. The first-order chi connectivity index (χ1) is 17.4. The standard InChI is InChI=1S/C28H30N4O4/c1-17-15-28(17,18-7-3-2-4-8-18)30-23-22(25(34)26(23)35)29-21-11-5-10-20(24(21)33)27(36)32-14-13-31-12-6-9-19(31)16-32/h2-5,7-8,10-11,17,19,29-30,33H,6,9,12-16H2,1H3/t17?,19-,28?/m0/s1. The maximum atomic E-state index is 13.3. The first-order valence-corrected chi connectivity index (χ1v) is 12.7. The second-order valence-corrected chi connectivity index (χ2v) is 10.4. The van der Waals surface area contributed by atoms with Gasteiger partial charge >= 0.3 is 0 Å².